The average molecular weight is 406 g/mol. The van der Waals surface area contributed by atoms with E-state index in [4.69, 9.17) is 19.2 Å². The molecular weight excluding hydrogens is 384 g/mol. The molecule has 3 aromatic heterocycles. The average Bonchev–Trinajstić information content (AvgIpc) is 3.18. The van der Waals surface area contributed by atoms with Crippen molar-refractivity contribution in [1.82, 2.24) is 29.7 Å². The van der Waals surface area contributed by atoms with Gasteiger partial charge in [0.2, 0.25) is 0 Å². The highest BCUT2D eigenvalue weighted by molar-refractivity contribution is 5.88. The van der Waals surface area contributed by atoms with Crippen molar-refractivity contribution < 1.29 is 14.2 Å². The molecule has 9 nitrogen and oxygen atoms in total. The molecule has 9 heteroatoms. The molecular formula is C21H22N6O3. The summed E-state index contributed by atoms with van der Waals surface area (Å²) in [5.74, 6) is 1.91. The van der Waals surface area contributed by atoms with E-state index >= 15 is 0 Å². The number of fused-ring (bicyclic) bond motifs is 1. The zero-order chi connectivity index (χ0) is 21.3. The SMILES string of the molecule is COCc1nnc(-c2cccnc2)n1-c1c(C)c(C)cc2nc(OC)c(OC)nc12. The molecule has 1 aromatic carbocycles. The minimum Gasteiger partial charge on any atom is -0.477 e. The van der Waals surface area contributed by atoms with Gasteiger partial charge in [-0.15, -0.1) is 10.2 Å². The largest absolute Gasteiger partial charge is 0.477 e. The molecule has 0 aliphatic heterocycles. The minimum atomic E-state index is 0.281. The molecule has 4 aromatic rings. The van der Waals surface area contributed by atoms with Gasteiger partial charge in [0.1, 0.15) is 12.1 Å². The van der Waals surface area contributed by atoms with Crippen LogP contribution in [0.15, 0.2) is 30.6 Å². The van der Waals surface area contributed by atoms with Crippen LogP contribution in [-0.2, 0) is 11.3 Å². The molecule has 0 amide bonds. The number of methoxy groups -OCH3 is 3. The van der Waals surface area contributed by atoms with Crippen molar-refractivity contribution in [1.29, 1.82) is 0 Å². The Morgan fingerprint density at radius 2 is 1.77 bits per heavy atom. The van der Waals surface area contributed by atoms with E-state index in [9.17, 15) is 0 Å². The Morgan fingerprint density at radius 3 is 2.43 bits per heavy atom. The molecule has 3 heterocycles. The third kappa shape index (κ3) is 3.22. The van der Waals surface area contributed by atoms with E-state index in [1.165, 1.54) is 14.2 Å². The van der Waals surface area contributed by atoms with Crippen LogP contribution < -0.4 is 9.47 Å². The standard InChI is InChI=1S/C21H22N6O3/c1-12-9-15-17(24-21(30-5)20(23-15)29-4)18(13(12)2)27-16(11-28-3)25-26-19(27)14-7-6-8-22-10-14/h6-10H,11H2,1-5H3. The summed E-state index contributed by atoms with van der Waals surface area (Å²) in [6.45, 7) is 4.34. The van der Waals surface area contributed by atoms with Crippen molar-refractivity contribution in [3.05, 3.63) is 47.5 Å². The number of aromatic nitrogens is 6. The second-order valence-electron chi connectivity index (χ2n) is 6.73. The number of ether oxygens (including phenoxy) is 3. The first-order valence-electron chi connectivity index (χ1n) is 9.33. The quantitative estimate of drug-likeness (QED) is 0.482. The Morgan fingerprint density at radius 1 is 1.00 bits per heavy atom. The van der Waals surface area contributed by atoms with Crippen molar-refractivity contribution in [2.45, 2.75) is 20.5 Å². The van der Waals surface area contributed by atoms with Gasteiger partial charge in [0, 0.05) is 25.1 Å². The first kappa shape index (κ1) is 19.7. The third-order valence-corrected chi connectivity index (χ3v) is 4.92. The van der Waals surface area contributed by atoms with Crippen molar-refractivity contribution in [3.8, 4) is 28.8 Å². The van der Waals surface area contributed by atoms with Gasteiger partial charge in [0.15, 0.2) is 11.6 Å². The summed E-state index contributed by atoms with van der Waals surface area (Å²) in [7, 11) is 4.70. The summed E-state index contributed by atoms with van der Waals surface area (Å²) in [6.07, 6.45) is 3.47. The van der Waals surface area contributed by atoms with Crippen LogP contribution in [-0.4, -0.2) is 51.0 Å². The Kier molecular flexibility index (Phi) is 5.28. The lowest BCUT2D eigenvalue weighted by Crippen LogP contribution is -2.10. The minimum absolute atomic E-state index is 0.281. The molecule has 0 atom stereocenters. The van der Waals surface area contributed by atoms with Gasteiger partial charge >= 0.3 is 0 Å². The van der Waals surface area contributed by atoms with Crippen LogP contribution in [0.5, 0.6) is 11.8 Å². The Hall–Kier alpha value is -3.59. The molecule has 4 rings (SSSR count). The molecule has 154 valence electrons. The smallest absolute Gasteiger partial charge is 0.278 e. The van der Waals surface area contributed by atoms with E-state index in [0.29, 0.717) is 34.4 Å². The number of benzene rings is 1. The lowest BCUT2D eigenvalue weighted by molar-refractivity contribution is 0.176. The molecule has 0 saturated carbocycles. The van der Waals surface area contributed by atoms with E-state index in [0.717, 1.165) is 22.4 Å². The van der Waals surface area contributed by atoms with E-state index in [1.54, 1.807) is 19.5 Å². The highest BCUT2D eigenvalue weighted by atomic mass is 16.5. The maximum absolute atomic E-state index is 5.41. The molecule has 0 aliphatic rings. The molecule has 0 saturated heterocycles. The maximum atomic E-state index is 5.41. The fourth-order valence-electron chi connectivity index (χ4n) is 3.37. The number of rotatable bonds is 6. The summed E-state index contributed by atoms with van der Waals surface area (Å²) in [6, 6.07) is 5.78. The van der Waals surface area contributed by atoms with Crippen LogP contribution in [0, 0.1) is 13.8 Å². The number of hydrogen-bond donors (Lipinski definition) is 0. The lowest BCUT2D eigenvalue weighted by Gasteiger charge is -2.18. The molecule has 0 N–H and O–H groups in total. The number of aryl methyl sites for hydroxylation is 1. The van der Waals surface area contributed by atoms with Crippen molar-refractivity contribution in [2.75, 3.05) is 21.3 Å². The van der Waals surface area contributed by atoms with Gasteiger partial charge < -0.3 is 14.2 Å². The van der Waals surface area contributed by atoms with Gasteiger partial charge in [-0.05, 0) is 43.2 Å². The van der Waals surface area contributed by atoms with Crippen LogP contribution in [0.2, 0.25) is 0 Å². The van der Waals surface area contributed by atoms with Gasteiger partial charge in [-0.25, -0.2) is 9.97 Å². The Labute approximate surface area is 173 Å². The van der Waals surface area contributed by atoms with Gasteiger partial charge in [-0.3, -0.25) is 9.55 Å². The molecule has 0 aliphatic carbocycles. The van der Waals surface area contributed by atoms with Gasteiger partial charge in [-0.2, -0.15) is 0 Å². The van der Waals surface area contributed by atoms with Gasteiger partial charge in [0.05, 0.1) is 25.4 Å². The van der Waals surface area contributed by atoms with Gasteiger partial charge in [0.25, 0.3) is 11.8 Å². The van der Waals surface area contributed by atoms with E-state index in [-0.39, 0.29) is 6.61 Å². The zero-order valence-electron chi connectivity index (χ0n) is 17.5. The lowest BCUT2D eigenvalue weighted by atomic mass is 10.0. The highest BCUT2D eigenvalue weighted by Gasteiger charge is 2.23. The second-order valence-corrected chi connectivity index (χ2v) is 6.73. The summed E-state index contributed by atoms with van der Waals surface area (Å²) >= 11 is 0. The molecule has 0 bridgehead atoms. The number of nitrogens with zero attached hydrogens (tertiary/aromatic N) is 6. The Bertz CT molecular complexity index is 1210. The fourth-order valence-corrected chi connectivity index (χ4v) is 3.37. The maximum Gasteiger partial charge on any atom is 0.278 e. The first-order valence-corrected chi connectivity index (χ1v) is 9.33. The molecule has 0 spiro atoms. The normalized spacial score (nSPS) is 11.1. The molecule has 0 radical (unpaired) electrons. The van der Waals surface area contributed by atoms with Crippen LogP contribution in [0.1, 0.15) is 17.0 Å². The van der Waals surface area contributed by atoms with Crippen LogP contribution in [0.25, 0.3) is 28.1 Å². The second kappa shape index (κ2) is 8.03. The van der Waals surface area contributed by atoms with E-state index in [1.807, 2.05) is 36.6 Å². The summed E-state index contributed by atoms with van der Waals surface area (Å²) in [5, 5.41) is 8.79. The third-order valence-electron chi connectivity index (χ3n) is 4.92. The number of hydrogen-bond acceptors (Lipinski definition) is 8. The van der Waals surface area contributed by atoms with Gasteiger partial charge in [-0.1, -0.05) is 0 Å². The van der Waals surface area contributed by atoms with Crippen molar-refractivity contribution >= 4 is 11.0 Å². The topological polar surface area (TPSA) is 97.1 Å². The Balaban J connectivity index is 2.11. The number of pyridine rings is 1. The summed E-state index contributed by atoms with van der Waals surface area (Å²) < 4.78 is 18.1. The van der Waals surface area contributed by atoms with Crippen LogP contribution in [0.3, 0.4) is 0 Å². The summed E-state index contributed by atoms with van der Waals surface area (Å²) in [4.78, 5) is 13.5. The molecule has 0 unspecified atom stereocenters. The highest BCUT2D eigenvalue weighted by Crippen LogP contribution is 2.34. The van der Waals surface area contributed by atoms with Crippen LogP contribution in [0.4, 0.5) is 0 Å². The molecule has 30 heavy (non-hydrogen) atoms. The van der Waals surface area contributed by atoms with E-state index in [2.05, 4.69) is 20.2 Å². The van der Waals surface area contributed by atoms with Crippen molar-refractivity contribution in [3.63, 3.8) is 0 Å². The predicted molar refractivity (Wildman–Crippen MR) is 111 cm³/mol. The molecule has 0 fully saturated rings. The van der Waals surface area contributed by atoms with E-state index < -0.39 is 0 Å². The fraction of sp³-hybridized carbons (Fsp3) is 0.286. The van der Waals surface area contributed by atoms with Crippen LogP contribution >= 0.6 is 0 Å². The summed E-state index contributed by atoms with van der Waals surface area (Å²) in [5.41, 5.74) is 5.04. The predicted octanol–water partition coefficient (Wildman–Crippen LogP) is 3.05. The van der Waals surface area contributed by atoms with Crippen molar-refractivity contribution in [2.24, 2.45) is 0 Å². The zero-order valence-corrected chi connectivity index (χ0v) is 17.5. The monoisotopic (exact) mass is 406 g/mol. The first-order chi connectivity index (χ1) is 14.6.